The van der Waals surface area contributed by atoms with Crippen LogP contribution in [0, 0.1) is 5.92 Å². The molecule has 7 heteroatoms. The van der Waals surface area contributed by atoms with E-state index < -0.39 is 12.2 Å². The van der Waals surface area contributed by atoms with Crippen molar-refractivity contribution in [2.24, 2.45) is 5.92 Å². The van der Waals surface area contributed by atoms with Crippen molar-refractivity contribution in [3.05, 3.63) is 134 Å². The molecule has 1 aliphatic rings. The fourth-order valence-corrected chi connectivity index (χ4v) is 7.09. The lowest BCUT2D eigenvalue weighted by molar-refractivity contribution is -0.235. The Morgan fingerprint density at radius 3 is 1.91 bits per heavy atom. The highest BCUT2D eigenvalue weighted by molar-refractivity contribution is 9.10. The molecule has 0 radical (unpaired) electrons. The summed E-state index contributed by atoms with van der Waals surface area (Å²) < 4.78 is 27.6. The van der Waals surface area contributed by atoms with Crippen LogP contribution in [0.5, 0.6) is 5.75 Å². The maximum atomic E-state index is 7.07. The zero-order valence-electron chi connectivity index (χ0n) is 25.8. The molecule has 45 heavy (non-hydrogen) atoms. The average molecular weight is 713 g/mol. The molecule has 0 N–H and O–H groups in total. The van der Waals surface area contributed by atoms with E-state index in [0.717, 1.165) is 38.7 Å². The smallest absolute Gasteiger partial charge is 0.152 e. The summed E-state index contributed by atoms with van der Waals surface area (Å²) in [5.74, 6) is 1.21. The molecule has 1 saturated heterocycles. The van der Waals surface area contributed by atoms with Crippen LogP contribution < -0.4 is 4.74 Å². The number of hydrogen-bond donors (Lipinski definition) is 0. The van der Waals surface area contributed by atoms with Crippen LogP contribution in [0.3, 0.4) is 0 Å². The molecule has 1 aliphatic heterocycles. The summed E-state index contributed by atoms with van der Waals surface area (Å²) in [6, 6.07) is 33.0. The van der Waals surface area contributed by atoms with Gasteiger partial charge in [-0.3, -0.25) is 0 Å². The van der Waals surface area contributed by atoms with E-state index in [1.807, 2.05) is 54.6 Å². The van der Waals surface area contributed by atoms with Crippen LogP contribution in [-0.2, 0) is 33.8 Å². The van der Waals surface area contributed by atoms with Crippen molar-refractivity contribution in [2.45, 2.75) is 70.7 Å². The van der Waals surface area contributed by atoms with E-state index in [4.69, 9.17) is 42.1 Å². The van der Waals surface area contributed by atoms with Crippen LogP contribution >= 0.6 is 39.1 Å². The third-order valence-corrected chi connectivity index (χ3v) is 9.85. The minimum Gasteiger partial charge on any atom is -0.491 e. The molecule has 5 rings (SSSR count). The summed E-state index contributed by atoms with van der Waals surface area (Å²) in [5, 5.41) is 0.582. The monoisotopic (exact) mass is 710 g/mol. The molecular formula is C38H41BrCl2O4. The molecule has 238 valence electrons. The first-order valence-corrected chi connectivity index (χ1v) is 17.4. The lowest BCUT2D eigenvalue weighted by Crippen LogP contribution is -2.51. The Hall–Kier alpha value is -2.38. The van der Waals surface area contributed by atoms with Gasteiger partial charge in [-0.2, -0.15) is 0 Å². The van der Waals surface area contributed by atoms with Gasteiger partial charge in [0.05, 0.1) is 41.5 Å². The Bertz CT molecular complexity index is 1470. The standard InChI is InChI=1S/C38H41BrCl2O4/c1-3-32-26(2)35(43-24-28-16-9-5-10-17-28)38(44-25-29-18-11-6-12-19-29)36(45-32)31-23-30(22-27-14-7-4-8-15-27)34(41)37(33(31)39)42-21-13-20-40/h4-12,14-19,23,26,32,35-36,38H,3,13,20-22,24-25H2,1-2H3/t26-,32-,35+,36+,38-/m1/s1. The molecule has 0 amide bonds. The Kier molecular flexibility index (Phi) is 12.8. The lowest BCUT2D eigenvalue weighted by atomic mass is 9.83. The maximum absolute atomic E-state index is 7.07. The molecule has 5 atom stereocenters. The first-order valence-electron chi connectivity index (χ1n) is 15.7. The van der Waals surface area contributed by atoms with E-state index in [0.29, 0.717) is 49.3 Å². The van der Waals surface area contributed by atoms with Crippen LogP contribution in [0.15, 0.2) is 102 Å². The second kappa shape index (κ2) is 17.0. The van der Waals surface area contributed by atoms with Crippen molar-refractivity contribution in [2.75, 3.05) is 12.5 Å². The normalized spacial score (nSPS) is 21.5. The second-order valence-electron chi connectivity index (χ2n) is 11.5. The van der Waals surface area contributed by atoms with Gasteiger partial charge in [-0.15, -0.1) is 11.6 Å². The zero-order valence-corrected chi connectivity index (χ0v) is 28.9. The Morgan fingerprint density at radius 1 is 0.800 bits per heavy atom. The summed E-state index contributed by atoms with van der Waals surface area (Å²) in [6.45, 7) is 5.74. The van der Waals surface area contributed by atoms with Gasteiger partial charge in [-0.1, -0.05) is 116 Å². The summed E-state index contributed by atoms with van der Waals surface area (Å²) in [4.78, 5) is 0. The summed E-state index contributed by atoms with van der Waals surface area (Å²) in [7, 11) is 0. The number of ether oxygens (including phenoxy) is 4. The van der Waals surface area contributed by atoms with E-state index in [9.17, 15) is 0 Å². The quantitative estimate of drug-likeness (QED) is 0.0964. The molecule has 1 fully saturated rings. The van der Waals surface area contributed by atoms with Crippen molar-refractivity contribution in [1.29, 1.82) is 0 Å². The van der Waals surface area contributed by atoms with Gasteiger partial charge in [-0.05, 0) is 63.5 Å². The highest BCUT2D eigenvalue weighted by atomic mass is 79.9. The van der Waals surface area contributed by atoms with Crippen LogP contribution in [0.4, 0.5) is 0 Å². The molecule has 0 bridgehead atoms. The Labute approximate surface area is 286 Å². The van der Waals surface area contributed by atoms with Crippen molar-refractivity contribution in [1.82, 2.24) is 0 Å². The molecule has 0 aromatic heterocycles. The number of hydrogen-bond acceptors (Lipinski definition) is 4. The van der Waals surface area contributed by atoms with Gasteiger partial charge < -0.3 is 18.9 Å². The van der Waals surface area contributed by atoms with E-state index in [1.54, 1.807) is 0 Å². The molecule has 4 nitrogen and oxygen atoms in total. The fourth-order valence-electron chi connectivity index (χ4n) is 5.95. The Morgan fingerprint density at radius 2 is 1.36 bits per heavy atom. The van der Waals surface area contributed by atoms with Crippen LogP contribution in [0.1, 0.15) is 60.6 Å². The molecular weight excluding hydrogens is 671 g/mol. The molecule has 0 aliphatic carbocycles. The maximum Gasteiger partial charge on any atom is 0.152 e. The molecule has 4 aromatic rings. The van der Waals surface area contributed by atoms with Gasteiger partial charge in [0.25, 0.3) is 0 Å². The number of benzene rings is 4. The SMILES string of the molecule is CC[C@H]1O[C@@H](c2cc(Cc3ccccc3)c(Cl)c(OCCCCl)c2Br)[C@H](OCc2ccccc2)[C@@H](OCc2ccccc2)[C@@H]1C. The zero-order chi connectivity index (χ0) is 31.6. The van der Waals surface area contributed by atoms with Gasteiger partial charge in [0.15, 0.2) is 5.75 Å². The van der Waals surface area contributed by atoms with E-state index in [2.05, 4.69) is 72.2 Å². The molecule has 4 aromatic carbocycles. The van der Waals surface area contributed by atoms with Gasteiger partial charge in [-0.25, -0.2) is 0 Å². The second-order valence-corrected chi connectivity index (χ2v) is 13.1. The van der Waals surface area contributed by atoms with Crippen molar-refractivity contribution in [3.8, 4) is 5.75 Å². The van der Waals surface area contributed by atoms with Crippen LogP contribution in [0.25, 0.3) is 0 Å². The van der Waals surface area contributed by atoms with Crippen molar-refractivity contribution < 1.29 is 18.9 Å². The summed E-state index contributed by atoms with van der Waals surface area (Å²) >= 11 is 17.0. The number of alkyl halides is 1. The average Bonchev–Trinajstić information content (AvgIpc) is 3.07. The molecule has 0 saturated carbocycles. The van der Waals surface area contributed by atoms with Crippen molar-refractivity contribution in [3.63, 3.8) is 0 Å². The highest BCUT2D eigenvalue weighted by Gasteiger charge is 2.46. The number of rotatable bonds is 14. The Balaban J connectivity index is 1.57. The predicted molar refractivity (Wildman–Crippen MR) is 186 cm³/mol. The molecule has 1 heterocycles. The van der Waals surface area contributed by atoms with Crippen molar-refractivity contribution >= 4 is 39.1 Å². The minimum absolute atomic E-state index is 0.0342. The van der Waals surface area contributed by atoms with Gasteiger partial charge in [0, 0.05) is 17.4 Å². The number of halogens is 3. The predicted octanol–water partition coefficient (Wildman–Crippen LogP) is 10.4. The highest BCUT2D eigenvalue weighted by Crippen LogP contribution is 2.47. The van der Waals surface area contributed by atoms with Crippen LogP contribution in [-0.4, -0.2) is 30.8 Å². The van der Waals surface area contributed by atoms with Gasteiger partial charge in [0.2, 0.25) is 0 Å². The van der Waals surface area contributed by atoms with E-state index in [-0.39, 0.29) is 18.1 Å². The van der Waals surface area contributed by atoms with Crippen LogP contribution in [0.2, 0.25) is 5.02 Å². The topological polar surface area (TPSA) is 36.9 Å². The lowest BCUT2D eigenvalue weighted by Gasteiger charge is -2.46. The first-order chi connectivity index (χ1) is 22.0. The minimum atomic E-state index is -0.438. The third kappa shape index (κ3) is 8.71. The summed E-state index contributed by atoms with van der Waals surface area (Å²) in [6.07, 6.45) is 1.10. The first kappa shape index (κ1) is 34.0. The van der Waals surface area contributed by atoms with E-state index in [1.165, 1.54) is 0 Å². The van der Waals surface area contributed by atoms with E-state index >= 15 is 0 Å². The van der Waals surface area contributed by atoms with Gasteiger partial charge in [0.1, 0.15) is 12.2 Å². The third-order valence-electron chi connectivity index (χ3n) is 8.35. The molecule has 0 unspecified atom stereocenters. The largest absolute Gasteiger partial charge is 0.491 e. The van der Waals surface area contributed by atoms with Gasteiger partial charge >= 0.3 is 0 Å². The fraction of sp³-hybridized carbons (Fsp3) is 0.368. The summed E-state index contributed by atoms with van der Waals surface area (Å²) in [5.41, 5.74) is 5.26. The molecule has 0 spiro atoms.